The van der Waals surface area contributed by atoms with Gasteiger partial charge in [0, 0.05) is 44.5 Å². The van der Waals surface area contributed by atoms with E-state index in [-0.39, 0.29) is 11.5 Å². The maximum Gasteiger partial charge on any atom is 0.254 e. The van der Waals surface area contributed by atoms with E-state index in [2.05, 4.69) is 43.5 Å². The molecule has 1 amide bonds. The number of benzene rings is 1. The molecule has 1 aromatic carbocycles. The largest absolute Gasteiger partial charge is 0.368 e. The average Bonchev–Trinajstić information content (AvgIpc) is 3.16. The minimum absolute atomic E-state index is 0.125. The summed E-state index contributed by atoms with van der Waals surface area (Å²) in [5.41, 5.74) is 5.62. The number of nitrogens with zero attached hydrogens (tertiary/aromatic N) is 3. The summed E-state index contributed by atoms with van der Waals surface area (Å²) in [6.07, 6.45) is 1.88. The zero-order chi connectivity index (χ0) is 22.2. The lowest BCUT2D eigenvalue weighted by Crippen LogP contribution is -2.44. The molecule has 1 saturated heterocycles. The molecule has 2 aliphatic rings. The molecule has 0 spiro atoms. The number of piperazine rings is 1. The number of amides is 1. The Bertz CT molecular complexity index is 1230. The highest BCUT2D eigenvalue weighted by atomic mass is 16.2. The topological polar surface area (TPSA) is 93.4 Å². The fraction of sp³-hybridized carbons (Fsp3) is 0.292. The number of H-pyrrole nitrogens is 1. The monoisotopic (exact) mass is 430 g/mol. The molecule has 164 valence electrons. The summed E-state index contributed by atoms with van der Waals surface area (Å²) in [7, 11) is 2.14. The maximum atomic E-state index is 12.6. The highest BCUT2D eigenvalue weighted by molar-refractivity contribution is 6.06. The smallest absolute Gasteiger partial charge is 0.254 e. The van der Waals surface area contributed by atoms with Gasteiger partial charge < -0.3 is 25.4 Å². The predicted octanol–water partition coefficient (Wildman–Crippen LogP) is 2.48. The Morgan fingerprint density at radius 2 is 1.84 bits per heavy atom. The van der Waals surface area contributed by atoms with E-state index in [4.69, 9.17) is 0 Å². The van der Waals surface area contributed by atoms with Crippen LogP contribution in [-0.2, 0) is 6.54 Å². The van der Waals surface area contributed by atoms with Crippen molar-refractivity contribution in [3.63, 3.8) is 0 Å². The highest BCUT2D eigenvalue weighted by Gasteiger charge is 2.26. The lowest BCUT2D eigenvalue weighted by molar-refractivity contribution is 0.0966. The molecule has 0 saturated carbocycles. The van der Waals surface area contributed by atoms with Crippen LogP contribution < -0.4 is 21.1 Å². The first-order chi connectivity index (χ1) is 15.5. The minimum atomic E-state index is -0.155. The molecule has 3 aromatic rings. The molecule has 2 aromatic heterocycles. The van der Waals surface area contributed by atoms with Crippen molar-refractivity contribution in [2.24, 2.45) is 0 Å². The molecule has 1 fully saturated rings. The van der Waals surface area contributed by atoms with Crippen LogP contribution in [0.15, 0.2) is 47.4 Å². The Hall–Kier alpha value is -3.65. The van der Waals surface area contributed by atoms with Gasteiger partial charge in [-0.3, -0.25) is 9.59 Å². The van der Waals surface area contributed by atoms with E-state index in [0.29, 0.717) is 23.6 Å². The van der Waals surface area contributed by atoms with Crippen molar-refractivity contribution in [1.29, 1.82) is 0 Å². The number of carbonyl (C=O) groups is 1. The second-order valence-corrected chi connectivity index (χ2v) is 8.43. The van der Waals surface area contributed by atoms with E-state index >= 15 is 0 Å². The first kappa shape index (κ1) is 20.3. The highest BCUT2D eigenvalue weighted by Crippen LogP contribution is 2.35. The summed E-state index contributed by atoms with van der Waals surface area (Å²) >= 11 is 0. The molecule has 8 nitrogen and oxygen atoms in total. The summed E-state index contributed by atoms with van der Waals surface area (Å²) in [6, 6.07) is 11.3. The van der Waals surface area contributed by atoms with Crippen LogP contribution >= 0.6 is 0 Å². The standard InChI is InChI=1S/C24H26N6O2/c1-15-11-16(12-22(31)27-15)18-4-5-20(23-19(18)14-26-24(23)32)28-21-6-3-17(13-25-21)30-9-7-29(2)8-10-30/h3-6,11-13H,7-10,14H2,1-2H3,(H,25,28)(H,26,32)(H,27,31). The van der Waals surface area contributed by atoms with E-state index in [0.717, 1.165) is 54.3 Å². The number of aryl methyl sites for hydroxylation is 1. The summed E-state index contributed by atoms with van der Waals surface area (Å²) in [5, 5.41) is 6.22. The van der Waals surface area contributed by atoms with Gasteiger partial charge in [0.05, 0.1) is 23.1 Å². The number of anilines is 3. The molecule has 4 heterocycles. The average molecular weight is 431 g/mol. The van der Waals surface area contributed by atoms with E-state index in [1.807, 2.05) is 37.4 Å². The Kier molecular flexibility index (Phi) is 5.14. The molecule has 3 N–H and O–H groups in total. The van der Waals surface area contributed by atoms with Gasteiger partial charge in [0.1, 0.15) is 5.82 Å². The quantitative estimate of drug-likeness (QED) is 0.589. The molecule has 8 heteroatoms. The van der Waals surface area contributed by atoms with Crippen LogP contribution in [-0.4, -0.2) is 54.0 Å². The van der Waals surface area contributed by atoms with Crippen LogP contribution in [0.4, 0.5) is 17.2 Å². The van der Waals surface area contributed by atoms with Gasteiger partial charge in [0.25, 0.3) is 5.91 Å². The molecule has 0 atom stereocenters. The molecule has 0 radical (unpaired) electrons. The van der Waals surface area contributed by atoms with Gasteiger partial charge in [-0.15, -0.1) is 0 Å². The number of carbonyl (C=O) groups excluding carboxylic acids is 1. The van der Waals surface area contributed by atoms with Crippen LogP contribution in [0.25, 0.3) is 11.1 Å². The normalized spacial score (nSPS) is 16.1. The van der Waals surface area contributed by atoms with Crippen LogP contribution in [0.2, 0.25) is 0 Å². The van der Waals surface area contributed by atoms with Crippen LogP contribution in [0.3, 0.4) is 0 Å². The zero-order valence-corrected chi connectivity index (χ0v) is 18.2. The number of aromatic amines is 1. The van der Waals surface area contributed by atoms with Crippen molar-refractivity contribution in [3.8, 4) is 11.1 Å². The molecule has 5 rings (SSSR count). The van der Waals surface area contributed by atoms with Crippen molar-refractivity contribution in [2.45, 2.75) is 13.5 Å². The van der Waals surface area contributed by atoms with E-state index in [1.165, 1.54) is 0 Å². The van der Waals surface area contributed by atoms with E-state index in [1.54, 1.807) is 6.07 Å². The third kappa shape index (κ3) is 3.85. The number of likely N-dealkylation sites (N-methyl/N-ethyl adjacent to an activating group) is 1. The number of aromatic nitrogens is 2. The number of hydrogen-bond acceptors (Lipinski definition) is 6. The lowest BCUT2D eigenvalue weighted by Gasteiger charge is -2.33. The third-order valence-electron chi connectivity index (χ3n) is 6.13. The van der Waals surface area contributed by atoms with Crippen molar-refractivity contribution in [1.82, 2.24) is 20.2 Å². The first-order valence-corrected chi connectivity index (χ1v) is 10.8. The van der Waals surface area contributed by atoms with Crippen molar-refractivity contribution in [3.05, 3.63) is 69.8 Å². The summed E-state index contributed by atoms with van der Waals surface area (Å²) in [4.78, 5) is 36.6. The molecular formula is C24H26N6O2. The zero-order valence-electron chi connectivity index (χ0n) is 18.2. The molecule has 0 bridgehead atoms. The fourth-order valence-electron chi connectivity index (χ4n) is 4.41. The van der Waals surface area contributed by atoms with Crippen LogP contribution in [0.1, 0.15) is 21.6 Å². The molecule has 32 heavy (non-hydrogen) atoms. The molecular weight excluding hydrogens is 404 g/mol. The van der Waals surface area contributed by atoms with Gasteiger partial charge in [-0.05, 0) is 54.9 Å². The van der Waals surface area contributed by atoms with Gasteiger partial charge in [0.15, 0.2) is 0 Å². The maximum absolute atomic E-state index is 12.6. The third-order valence-corrected chi connectivity index (χ3v) is 6.13. The Morgan fingerprint density at radius 3 is 2.56 bits per heavy atom. The number of pyridine rings is 2. The number of rotatable bonds is 4. The summed E-state index contributed by atoms with van der Waals surface area (Å²) < 4.78 is 0. The van der Waals surface area contributed by atoms with E-state index in [9.17, 15) is 9.59 Å². The van der Waals surface area contributed by atoms with Crippen LogP contribution in [0, 0.1) is 6.92 Å². The van der Waals surface area contributed by atoms with Gasteiger partial charge in [-0.2, -0.15) is 0 Å². The minimum Gasteiger partial charge on any atom is -0.368 e. The van der Waals surface area contributed by atoms with Gasteiger partial charge in [0.2, 0.25) is 5.56 Å². The van der Waals surface area contributed by atoms with Gasteiger partial charge in [-0.25, -0.2) is 4.98 Å². The lowest BCUT2D eigenvalue weighted by atomic mass is 9.95. The Labute approximate surface area is 186 Å². The summed E-state index contributed by atoms with van der Waals surface area (Å²) in [5.74, 6) is 0.560. The molecule has 0 aliphatic carbocycles. The fourth-order valence-corrected chi connectivity index (χ4v) is 4.41. The predicted molar refractivity (Wildman–Crippen MR) is 126 cm³/mol. The number of nitrogens with one attached hydrogen (secondary N) is 3. The molecule has 0 unspecified atom stereocenters. The van der Waals surface area contributed by atoms with Crippen molar-refractivity contribution in [2.75, 3.05) is 43.4 Å². The Balaban J connectivity index is 1.43. The summed E-state index contributed by atoms with van der Waals surface area (Å²) in [6.45, 7) is 6.34. The van der Waals surface area contributed by atoms with Crippen molar-refractivity contribution < 1.29 is 4.79 Å². The SMILES string of the molecule is Cc1cc(-c2ccc(Nc3ccc(N4CCN(C)CC4)cn3)c3c2CNC3=O)cc(=O)[nH]1. The second-order valence-electron chi connectivity index (χ2n) is 8.43. The number of hydrogen-bond donors (Lipinski definition) is 3. The number of fused-ring (bicyclic) bond motifs is 1. The van der Waals surface area contributed by atoms with Crippen LogP contribution in [0.5, 0.6) is 0 Å². The second kappa shape index (κ2) is 8.12. The Morgan fingerprint density at radius 1 is 1.03 bits per heavy atom. The van der Waals surface area contributed by atoms with Gasteiger partial charge in [-0.1, -0.05) is 6.07 Å². The van der Waals surface area contributed by atoms with E-state index < -0.39 is 0 Å². The van der Waals surface area contributed by atoms with Crippen molar-refractivity contribution >= 4 is 23.1 Å². The van der Waals surface area contributed by atoms with Gasteiger partial charge >= 0.3 is 0 Å². The first-order valence-electron chi connectivity index (χ1n) is 10.8. The molecule has 2 aliphatic heterocycles.